The summed E-state index contributed by atoms with van der Waals surface area (Å²) in [5.74, 6) is 1.22. The summed E-state index contributed by atoms with van der Waals surface area (Å²) >= 11 is 6.32. The molecule has 2 aromatic heterocycles. The predicted molar refractivity (Wildman–Crippen MR) is 115 cm³/mol. The number of benzene rings is 1. The van der Waals surface area contributed by atoms with Crippen molar-refractivity contribution in [3.8, 4) is 11.5 Å². The van der Waals surface area contributed by atoms with Crippen molar-refractivity contribution in [2.24, 2.45) is 0 Å². The Morgan fingerprint density at radius 1 is 1.11 bits per heavy atom. The molecule has 0 aliphatic carbocycles. The van der Waals surface area contributed by atoms with Gasteiger partial charge in [-0.1, -0.05) is 11.3 Å². The number of nitrogens with zero attached hydrogens (tertiary/aromatic N) is 3. The summed E-state index contributed by atoms with van der Waals surface area (Å²) in [6.07, 6.45) is 0. The molecule has 144 valence electrons. The van der Waals surface area contributed by atoms with Gasteiger partial charge in [0.15, 0.2) is 16.6 Å². The van der Waals surface area contributed by atoms with Crippen molar-refractivity contribution < 1.29 is 14.3 Å². The van der Waals surface area contributed by atoms with Crippen LogP contribution in [-0.4, -0.2) is 57.2 Å². The fourth-order valence-corrected chi connectivity index (χ4v) is 4.84. The van der Waals surface area contributed by atoms with Crippen molar-refractivity contribution in [2.75, 3.05) is 46.3 Å². The molecule has 0 bridgehead atoms. The molecule has 0 atom stereocenters. The number of hydrogen-bond acceptors (Lipinski definition) is 7. The third kappa shape index (κ3) is 4.43. The first kappa shape index (κ1) is 20.1. The Balaban J connectivity index is 2.01. The highest BCUT2D eigenvalue weighted by molar-refractivity contribution is 9.11. The summed E-state index contributed by atoms with van der Waals surface area (Å²) in [7, 11) is 7.17. The number of anilines is 1. The molecule has 2 heterocycles. The fourth-order valence-electron chi connectivity index (χ4n) is 2.50. The van der Waals surface area contributed by atoms with Gasteiger partial charge in [-0.05, 0) is 42.2 Å². The van der Waals surface area contributed by atoms with Gasteiger partial charge in [-0.2, -0.15) is 0 Å². The number of carbonyl (C=O) groups excluding carboxylic acids is 1. The van der Waals surface area contributed by atoms with Gasteiger partial charge in [0.1, 0.15) is 0 Å². The molecule has 3 aromatic rings. The van der Waals surface area contributed by atoms with Gasteiger partial charge in [-0.25, -0.2) is 4.98 Å². The smallest absolute Gasteiger partial charge is 0.270 e. The number of thiazole rings is 1. The number of methoxy groups -OCH3 is 2. The van der Waals surface area contributed by atoms with Crippen molar-refractivity contribution >= 4 is 59.9 Å². The third-order valence-electron chi connectivity index (χ3n) is 3.91. The van der Waals surface area contributed by atoms with Crippen LogP contribution >= 0.6 is 38.6 Å². The maximum Gasteiger partial charge on any atom is 0.270 e. The van der Waals surface area contributed by atoms with E-state index >= 15 is 0 Å². The number of rotatable bonds is 7. The van der Waals surface area contributed by atoms with Crippen LogP contribution in [0.4, 0.5) is 5.13 Å². The molecule has 0 saturated heterocycles. The second kappa shape index (κ2) is 8.55. The van der Waals surface area contributed by atoms with Gasteiger partial charge in [-0.15, -0.1) is 11.3 Å². The lowest BCUT2D eigenvalue weighted by molar-refractivity contribution is 0.0989. The number of likely N-dealkylation sites (N-methyl/N-ethyl adjacent to an activating group) is 1. The van der Waals surface area contributed by atoms with Crippen LogP contribution in [0.25, 0.3) is 10.2 Å². The largest absolute Gasteiger partial charge is 0.493 e. The van der Waals surface area contributed by atoms with E-state index in [1.165, 1.54) is 22.7 Å². The van der Waals surface area contributed by atoms with Gasteiger partial charge in [0.2, 0.25) is 0 Å². The minimum absolute atomic E-state index is 0.0504. The normalized spacial score (nSPS) is 11.2. The third-order valence-corrected chi connectivity index (χ3v) is 6.57. The molecule has 0 spiro atoms. The average Bonchev–Trinajstić information content (AvgIpc) is 3.25. The first-order valence-electron chi connectivity index (χ1n) is 8.17. The minimum atomic E-state index is -0.0504. The molecule has 0 N–H and O–H groups in total. The van der Waals surface area contributed by atoms with Crippen molar-refractivity contribution in [1.29, 1.82) is 0 Å². The predicted octanol–water partition coefficient (Wildman–Crippen LogP) is 4.35. The topological polar surface area (TPSA) is 54.9 Å². The summed E-state index contributed by atoms with van der Waals surface area (Å²) in [5.41, 5.74) is 0.780. The SMILES string of the molecule is COc1cc2nc(N(CCN(C)C)C(=O)c3ccc(Br)s3)sc2cc1OC. The molecule has 0 saturated carbocycles. The first-order chi connectivity index (χ1) is 12.9. The maximum atomic E-state index is 13.1. The number of halogens is 1. The first-order valence-corrected chi connectivity index (χ1v) is 10.6. The zero-order valence-electron chi connectivity index (χ0n) is 15.5. The van der Waals surface area contributed by atoms with E-state index in [4.69, 9.17) is 14.5 Å². The number of thiophene rings is 1. The van der Waals surface area contributed by atoms with Crippen LogP contribution < -0.4 is 14.4 Å². The van der Waals surface area contributed by atoms with Gasteiger partial charge in [-0.3, -0.25) is 9.69 Å². The van der Waals surface area contributed by atoms with E-state index in [2.05, 4.69) is 15.9 Å². The van der Waals surface area contributed by atoms with Crippen LogP contribution in [0.5, 0.6) is 11.5 Å². The van der Waals surface area contributed by atoms with Crippen molar-refractivity contribution in [2.45, 2.75) is 0 Å². The van der Waals surface area contributed by atoms with E-state index in [0.29, 0.717) is 28.1 Å². The Hall–Kier alpha value is -1.68. The Morgan fingerprint density at radius 3 is 2.41 bits per heavy atom. The fraction of sp³-hybridized carbons (Fsp3) is 0.333. The zero-order valence-corrected chi connectivity index (χ0v) is 18.7. The quantitative estimate of drug-likeness (QED) is 0.514. The van der Waals surface area contributed by atoms with Gasteiger partial charge < -0.3 is 14.4 Å². The van der Waals surface area contributed by atoms with E-state index in [1.807, 2.05) is 43.3 Å². The average molecular weight is 470 g/mol. The van der Waals surface area contributed by atoms with Crippen LogP contribution in [-0.2, 0) is 0 Å². The Morgan fingerprint density at radius 2 is 1.81 bits per heavy atom. The molecule has 0 aliphatic heterocycles. The number of hydrogen-bond donors (Lipinski definition) is 0. The van der Waals surface area contributed by atoms with Gasteiger partial charge >= 0.3 is 0 Å². The van der Waals surface area contributed by atoms with Crippen LogP contribution in [0.3, 0.4) is 0 Å². The van der Waals surface area contributed by atoms with Crippen molar-refractivity contribution in [3.05, 3.63) is 32.9 Å². The molecule has 0 aliphatic rings. The second-order valence-electron chi connectivity index (χ2n) is 6.04. The molecule has 1 aromatic carbocycles. The Bertz CT molecular complexity index is 914. The van der Waals surface area contributed by atoms with E-state index in [0.717, 1.165) is 20.5 Å². The standard InChI is InChI=1S/C18H20BrN3O3S2/c1-21(2)7-8-22(17(23)14-5-6-16(19)26-14)18-20-11-9-12(24-3)13(25-4)10-15(11)27-18/h5-6,9-10H,7-8H2,1-4H3. The van der Waals surface area contributed by atoms with Gasteiger partial charge in [0.05, 0.1) is 33.1 Å². The molecular formula is C18H20BrN3O3S2. The number of fused-ring (bicyclic) bond motifs is 1. The highest BCUT2D eigenvalue weighted by Crippen LogP contribution is 2.38. The monoisotopic (exact) mass is 469 g/mol. The van der Waals surface area contributed by atoms with Crippen molar-refractivity contribution in [1.82, 2.24) is 9.88 Å². The number of amides is 1. The molecular weight excluding hydrogens is 450 g/mol. The highest BCUT2D eigenvalue weighted by Gasteiger charge is 2.23. The zero-order chi connectivity index (χ0) is 19.6. The summed E-state index contributed by atoms with van der Waals surface area (Å²) in [5, 5.41) is 0.664. The van der Waals surface area contributed by atoms with Crippen LogP contribution in [0.15, 0.2) is 28.1 Å². The molecule has 9 heteroatoms. The van der Waals surface area contributed by atoms with Crippen LogP contribution in [0.2, 0.25) is 0 Å². The molecule has 27 heavy (non-hydrogen) atoms. The molecule has 0 fully saturated rings. The highest BCUT2D eigenvalue weighted by atomic mass is 79.9. The Kier molecular flexibility index (Phi) is 6.36. The van der Waals surface area contributed by atoms with Gasteiger partial charge in [0, 0.05) is 25.2 Å². The lowest BCUT2D eigenvalue weighted by Crippen LogP contribution is -2.36. The molecule has 0 unspecified atom stereocenters. The molecule has 6 nitrogen and oxygen atoms in total. The van der Waals surface area contributed by atoms with Crippen LogP contribution in [0.1, 0.15) is 9.67 Å². The summed E-state index contributed by atoms with van der Waals surface area (Å²) in [4.78, 5) is 22.3. The number of carbonyl (C=O) groups is 1. The van der Waals surface area contributed by atoms with Gasteiger partial charge in [0.25, 0.3) is 5.91 Å². The second-order valence-corrected chi connectivity index (χ2v) is 9.51. The number of ether oxygens (including phenoxy) is 2. The van der Waals surface area contributed by atoms with Crippen molar-refractivity contribution in [3.63, 3.8) is 0 Å². The molecule has 1 amide bonds. The molecule has 0 radical (unpaired) electrons. The molecule has 3 rings (SSSR count). The lowest BCUT2D eigenvalue weighted by atomic mass is 10.3. The Labute approximate surface area is 174 Å². The van der Waals surface area contributed by atoms with Crippen LogP contribution in [0, 0.1) is 0 Å². The lowest BCUT2D eigenvalue weighted by Gasteiger charge is -2.21. The summed E-state index contributed by atoms with van der Waals surface area (Å²) in [6, 6.07) is 7.45. The van der Waals surface area contributed by atoms with E-state index < -0.39 is 0 Å². The van der Waals surface area contributed by atoms with E-state index in [1.54, 1.807) is 19.1 Å². The minimum Gasteiger partial charge on any atom is -0.493 e. The van der Waals surface area contributed by atoms with E-state index in [9.17, 15) is 4.79 Å². The van der Waals surface area contributed by atoms with E-state index in [-0.39, 0.29) is 5.91 Å². The summed E-state index contributed by atoms with van der Waals surface area (Å²) < 4.78 is 12.6. The number of aromatic nitrogens is 1. The maximum absolute atomic E-state index is 13.1. The summed E-state index contributed by atoms with van der Waals surface area (Å²) in [6.45, 7) is 1.29.